The fraction of sp³-hybridized carbons (Fsp3) is 0.0588. The summed E-state index contributed by atoms with van der Waals surface area (Å²) < 4.78 is 65.6. The fourth-order valence-corrected chi connectivity index (χ4v) is 3.88. The van der Waals surface area contributed by atoms with E-state index in [4.69, 9.17) is 0 Å². The van der Waals surface area contributed by atoms with Crippen LogP contribution in [0.2, 0.25) is 0 Å². The summed E-state index contributed by atoms with van der Waals surface area (Å²) in [4.78, 5) is 13.8. The quantitative estimate of drug-likeness (QED) is 0.180. The number of isothiocyanates is 1. The van der Waals surface area contributed by atoms with E-state index in [0.29, 0.717) is 0 Å². The van der Waals surface area contributed by atoms with Gasteiger partial charge in [0.2, 0.25) is 5.91 Å². The van der Waals surface area contributed by atoms with E-state index in [1.807, 2.05) is 0 Å². The van der Waals surface area contributed by atoms with Gasteiger partial charge in [-0.25, -0.2) is 0 Å². The molecule has 0 unspecified atom stereocenters. The Morgan fingerprint density at radius 1 is 0.968 bits per heavy atom. The van der Waals surface area contributed by atoms with Crippen molar-refractivity contribution < 1.29 is 30.7 Å². The van der Waals surface area contributed by atoms with Crippen molar-refractivity contribution in [3.63, 3.8) is 0 Å². The first-order chi connectivity index (χ1) is 13.4. The van der Waals surface area contributed by atoms with E-state index in [2.05, 4.69) is 27.7 Å². The Labute approximate surface area is 229 Å². The fourth-order valence-electron chi connectivity index (χ4n) is 2.36. The molecule has 2 aromatic rings. The summed E-state index contributed by atoms with van der Waals surface area (Å²) in [6.45, 7) is 1.23. The number of nitrogens with zero attached hydrogens (tertiary/aromatic N) is 1. The Morgan fingerprint density at radius 3 is 1.90 bits per heavy atom. The van der Waals surface area contributed by atoms with Crippen molar-refractivity contribution >= 4 is 126 Å². The van der Waals surface area contributed by atoms with Gasteiger partial charge in [-0.3, -0.25) is 13.9 Å². The second-order valence-corrected chi connectivity index (χ2v) is 8.60. The number of carbonyl (C=O) groups is 1. The van der Waals surface area contributed by atoms with Crippen molar-refractivity contribution in [2.24, 2.45) is 4.99 Å². The van der Waals surface area contributed by atoms with Crippen molar-refractivity contribution in [3.05, 3.63) is 47.5 Å². The van der Waals surface area contributed by atoms with Crippen LogP contribution >= 0.6 is 12.2 Å². The zero-order valence-electron chi connectivity index (χ0n) is 16.7. The first-order valence-electron chi connectivity index (χ1n) is 7.68. The van der Waals surface area contributed by atoms with E-state index in [-0.39, 0.29) is 81.6 Å². The van der Waals surface area contributed by atoms with Gasteiger partial charge >= 0.3 is 0 Å². The molecule has 3 N–H and O–H groups in total. The largest absolute Gasteiger partial charge is 0.326 e. The van der Waals surface area contributed by atoms with Crippen LogP contribution in [0.4, 0.5) is 11.4 Å². The van der Waals surface area contributed by atoms with Crippen molar-refractivity contribution in [1.82, 2.24) is 0 Å². The zero-order chi connectivity index (χ0) is 21.8. The molecule has 0 atom stereocenters. The molecule has 0 spiro atoms. The second-order valence-electron chi connectivity index (χ2n) is 5.64. The molecule has 0 aliphatic heterocycles. The maximum Gasteiger partial charge on any atom is 0.295 e. The average molecular weight is 500 g/mol. The van der Waals surface area contributed by atoms with Gasteiger partial charge in [0.15, 0.2) is 0 Å². The summed E-state index contributed by atoms with van der Waals surface area (Å²) in [7, 11) is -9.28. The molecule has 2 rings (SSSR count). The third-order valence-corrected chi connectivity index (χ3v) is 5.41. The smallest absolute Gasteiger partial charge is 0.295 e. The summed E-state index contributed by atoms with van der Waals surface area (Å²) in [6.07, 6.45) is 2.46. The van der Waals surface area contributed by atoms with Crippen molar-refractivity contribution in [1.29, 1.82) is 0 Å². The third kappa shape index (κ3) is 8.97. The van der Waals surface area contributed by atoms with Crippen LogP contribution in [0.25, 0.3) is 12.2 Å². The molecular weight excluding hydrogens is 486 g/mol. The van der Waals surface area contributed by atoms with Crippen LogP contribution in [-0.4, -0.2) is 96.1 Å². The van der Waals surface area contributed by atoms with Crippen LogP contribution in [-0.2, 0) is 25.0 Å². The Bertz CT molecular complexity index is 1270. The van der Waals surface area contributed by atoms with Crippen LogP contribution < -0.4 is 5.32 Å². The number of rotatable bonds is 6. The second kappa shape index (κ2) is 12.5. The molecule has 0 heterocycles. The van der Waals surface area contributed by atoms with Gasteiger partial charge < -0.3 is 5.32 Å². The van der Waals surface area contributed by atoms with Gasteiger partial charge in [-0.1, -0.05) is 24.3 Å². The van der Waals surface area contributed by atoms with E-state index in [9.17, 15) is 30.7 Å². The van der Waals surface area contributed by atoms with Crippen LogP contribution in [0, 0.1) is 0 Å². The first-order valence-corrected chi connectivity index (χ1v) is 11.0. The van der Waals surface area contributed by atoms with Gasteiger partial charge in [0.25, 0.3) is 20.2 Å². The number of aliphatic imine (C=N–C) groups is 1. The Hall–Kier alpha value is -0.730. The maximum atomic E-state index is 11.7. The van der Waals surface area contributed by atoms with Gasteiger partial charge in [-0.05, 0) is 47.6 Å². The number of benzene rings is 2. The van der Waals surface area contributed by atoms with E-state index >= 15 is 0 Å². The number of hydrogen-bond acceptors (Lipinski definition) is 7. The van der Waals surface area contributed by atoms with Gasteiger partial charge in [-0.2, -0.15) is 21.8 Å². The molecule has 0 saturated heterocycles. The van der Waals surface area contributed by atoms with E-state index in [0.717, 1.165) is 12.1 Å². The molecule has 0 aliphatic rings. The van der Waals surface area contributed by atoms with Crippen molar-refractivity contribution in [2.75, 3.05) is 5.32 Å². The molecule has 0 aromatic heterocycles. The molecular formula is C17H14N2Na2O7S3. The number of amides is 1. The molecule has 9 nitrogen and oxygen atoms in total. The Balaban J connectivity index is 0.00000450. The molecule has 0 saturated carbocycles. The van der Waals surface area contributed by atoms with Crippen LogP contribution in [0.15, 0.2) is 51.2 Å². The van der Waals surface area contributed by atoms with Gasteiger partial charge in [-0.15, -0.1) is 0 Å². The van der Waals surface area contributed by atoms with E-state index in [1.54, 1.807) is 0 Å². The third-order valence-electron chi connectivity index (χ3n) is 3.50. The minimum Gasteiger partial charge on any atom is -0.326 e. The topological polar surface area (TPSA) is 150 Å². The van der Waals surface area contributed by atoms with Crippen LogP contribution in [0.5, 0.6) is 0 Å². The van der Waals surface area contributed by atoms with Gasteiger partial charge in [0, 0.05) is 71.7 Å². The summed E-state index contributed by atoms with van der Waals surface area (Å²) in [5.74, 6) is -0.438. The zero-order valence-corrected chi connectivity index (χ0v) is 23.2. The number of carbonyl (C=O) groups excluding carboxylic acids is 1. The molecule has 14 heteroatoms. The molecule has 0 bridgehead atoms. The molecule has 154 valence electrons. The van der Waals surface area contributed by atoms with Crippen molar-refractivity contribution in [2.45, 2.75) is 16.7 Å². The van der Waals surface area contributed by atoms with Crippen molar-refractivity contribution in [3.8, 4) is 0 Å². The predicted octanol–water partition coefficient (Wildman–Crippen LogP) is 2.28. The van der Waals surface area contributed by atoms with E-state index in [1.165, 1.54) is 43.3 Å². The molecule has 1 amide bonds. The minimum atomic E-state index is -4.65. The van der Waals surface area contributed by atoms with Gasteiger partial charge in [0.05, 0.1) is 10.8 Å². The standard InChI is InChI=1S/C17H14N2O7S3.2Na/c1-11(20)19-15-7-5-13(17(9-15)29(24,25)26)3-2-12-4-6-14(18-10-27)8-16(12)28(21,22)23;;/h2-9H,1H3,(H,19,20)(H,21,22,23)(H,24,25,26);;. The summed E-state index contributed by atoms with van der Waals surface area (Å²) >= 11 is 4.45. The summed E-state index contributed by atoms with van der Waals surface area (Å²) in [6, 6.07) is 7.57. The Morgan fingerprint density at radius 2 is 1.45 bits per heavy atom. The van der Waals surface area contributed by atoms with Crippen LogP contribution in [0.1, 0.15) is 18.1 Å². The molecule has 2 radical (unpaired) electrons. The Kier molecular flexibility index (Phi) is 12.2. The maximum absolute atomic E-state index is 11.7. The molecule has 31 heavy (non-hydrogen) atoms. The number of anilines is 1. The molecule has 2 aromatic carbocycles. The summed E-state index contributed by atoms with van der Waals surface area (Å²) in [5, 5.41) is 4.46. The first kappa shape index (κ1) is 30.3. The number of hydrogen-bond donors (Lipinski definition) is 3. The molecule has 0 fully saturated rings. The van der Waals surface area contributed by atoms with Gasteiger partial charge in [0.1, 0.15) is 9.79 Å². The van der Waals surface area contributed by atoms with Crippen LogP contribution in [0.3, 0.4) is 0 Å². The monoisotopic (exact) mass is 500 g/mol. The number of thiocarbonyl (C=S) groups is 1. The minimum absolute atomic E-state index is 0. The molecule has 0 aliphatic carbocycles. The number of nitrogens with one attached hydrogen (secondary N) is 1. The average Bonchev–Trinajstić information content (AvgIpc) is 2.59. The SMILES string of the molecule is CC(=O)Nc1ccc(C=Cc2ccc(N=C=S)cc2S(=O)(=O)O)c(S(=O)(=O)O)c1.[Na].[Na]. The predicted molar refractivity (Wildman–Crippen MR) is 122 cm³/mol. The normalized spacial score (nSPS) is 11.1. The summed E-state index contributed by atoms with van der Waals surface area (Å²) in [5.41, 5.74) is 0.332. The van der Waals surface area contributed by atoms with E-state index < -0.39 is 35.9 Å².